The number of hydrogen-bond acceptors (Lipinski definition) is 4. The highest BCUT2D eigenvalue weighted by Gasteiger charge is 2.50. The molecule has 0 bridgehead atoms. The van der Waals surface area contributed by atoms with Gasteiger partial charge in [-0.05, 0) is 18.1 Å². The molecular weight excluding hydrogens is 464 g/mol. The minimum absolute atomic E-state index is 0.00871. The van der Waals surface area contributed by atoms with Crippen LogP contribution in [-0.2, 0) is 18.9 Å². The van der Waals surface area contributed by atoms with Crippen molar-refractivity contribution in [3.05, 3.63) is 62.4 Å². The van der Waals surface area contributed by atoms with Crippen molar-refractivity contribution in [1.82, 2.24) is 19.2 Å². The van der Waals surface area contributed by atoms with Crippen LogP contribution in [0.15, 0.2) is 29.1 Å². The molecule has 32 heavy (non-hydrogen) atoms. The molecule has 1 aliphatic carbocycles. The van der Waals surface area contributed by atoms with Crippen LogP contribution in [0.25, 0.3) is 5.65 Å². The zero-order chi connectivity index (χ0) is 23.6. The summed E-state index contributed by atoms with van der Waals surface area (Å²) in [6.07, 6.45) is -9.49. The number of pyridine rings is 1. The van der Waals surface area contributed by atoms with Gasteiger partial charge >= 0.3 is 12.4 Å². The summed E-state index contributed by atoms with van der Waals surface area (Å²) in [7, 11) is 0. The molecule has 3 unspecified atom stereocenters. The molecule has 3 aromatic heterocycles. The number of alkyl halides is 6. The Kier molecular flexibility index (Phi) is 5.00. The van der Waals surface area contributed by atoms with E-state index in [-0.39, 0.29) is 28.1 Å². The molecule has 0 radical (unpaired) electrons. The molecule has 0 amide bonds. The van der Waals surface area contributed by atoms with Gasteiger partial charge in [0.25, 0.3) is 5.56 Å². The fourth-order valence-electron chi connectivity index (χ4n) is 3.71. The van der Waals surface area contributed by atoms with E-state index in [9.17, 15) is 36.4 Å². The van der Waals surface area contributed by atoms with Crippen LogP contribution in [0, 0.1) is 23.2 Å². The molecule has 13 heteroatoms. The Balaban J connectivity index is 1.84. The maximum Gasteiger partial charge on any atom is 0.435 e. The Morgan fingerprint density at radius 1 is 1.12 bits per heavy atom. The molecule has 4 rings (SSSR count). The second-order valence-electron chi connectivity index (χ2n) is 7.49. The molecule has 0 aromatic carbocycles. The SMILES string of the molecule is CC1C(C#N)C1c1cc(C(F)(F)F)cc2nc(Cn3nc(C(F)(F)F)cc3Cl)cc(=O)n12. The summed E-state index contributed by atoms with van der Waals surface area (Å²) in [6, 6.07) is 5.09. The third-order valence-electron chi connectivity index (χ3n) is 5.37. The number of nitrogens with zero attached hydrogens (tertiary/aromatic N) is 5. The van der Waals surface area contributed by atoms with Crippen LogP contribution in [0.1, 0.15) is 35.5 Å². The third-order valence-corrected chi connectivity index (χ3v) is 5.68. The minimum atomic E-state index is -4.75. The van der Waals surface area contributed by atoms with Gasteiger partial charge in [-0.2, -0.15) is 36.7 Å². The summed E-state index contributed by atoms with van der Waals surface area (Å²) in [4.78, 5) is 16.8. The van der Waals surface area contributed by atoms with E-state index < -0.39 is 47.5 Å². The fraction of sp³-hybridized carbons (Fsp3) is 0.368. The zero-order valence-electron chi connectivity index (χ0n) is 16.0. The van der Waals surface area contributed by atoms with Gasteiger partial charge in [0.05, 0.1) is 29.8 Å². The summed E-state index contributed by atoms with van der Waals surface area (Å²) in [6.45, 7) is 1.22. The third kappa shape index (κ3) is 3.81. The Morgan fingerprint density at radius 2 is 1.81 bits per heavy atom. The van der Waals surface area contributed by atoms with E-state index in [4.69, 9.17) is 11.6 Å². The quantitative estimate of drug-likeness (QED) is 0.523. The molecule has 3 heterocycles. The van der Waals surface area contributed by atoms with Gasteiger partial charge in [-0.3, -0.25) is 9.20 Å². The van der Waals surface area contributed by atoms with Crippen LogP contribution >= 0.6 is 11.6 Å². The first-order valence-electron chi connectivity index (χ1n) is 9.15. The van der Waals surface area contributed by atoms with E-state index in [2.05, 4.69) is 10.1 Å². The fourth-order valence-corrected chi connectivity index (χ4v) is 3.91. The van der Waals surface area contributed by atoms with Crippen LogP contribution in [0.5, 0.6) is 0 Å². The molecule has 3 aromatic rings. The van der Waals surface area contributed by atoms with Crippen molar-refractivity contribution in [2.45, 2.75) is 31.7 Å². The van der Waals surface area contributed by atoms with Crippen molar-refractivity contribution < 1.29 is 26.3 Å². The van der Waals surface area contributed by atoms with Crippen LogP contribution in [0.4, 0.5) is 26.3 Å². The highest BCUT2D eigenvalue weighted by Crippen LogP contribution is 2.53. The predicted molar refractivity (Wildman–Crippen MR) is 98.8 cm³/mol. The zero-order valence-corrected chi connectivity index (χ0v) is 16.8. The number of fused-ring (bicyclic) bond motifs is 1. The second kappa shape index (κ2) is 7.23. The normalized spacial score (nSPS) is 21.0. The maximum absolute atomic E-state index is 13.5. The van der Waals surface area contributed by atoms with Gasteiger partial charge in [0.15, 0.2) is 5.69 Å². The summed E-state index contributed by atoms with van der Waals surface area (Å²) in [5.74, 6) is -1.37. The Hall–Kier alpha value is -3.07. The standard InChI is InChI=1S/C19H12ClF6N5O/c1-8-11(6-27)17(8)12-2-9(18(21,22)23)3-15-28-10(4-16(32)31(12)15)7-30-14(20)5-13(29-30)19(24,25)26/h2-5,8,11,17H,7H2,1H3. The van der Waals surface area contributed by atoms with Crippen LogP contribution in [-0.4, -0.2) is 19.2 Å². The summed E-state index contributed by atoms with van der Waals surface area (Å²) in [5.41, 5.74) is -3.50. The van der Waals surface area contributed by atoms with E-state index in [0.717, 1.165) is 21.2 Å². The molecule has 0 spiro atoms. The van der Waals surface area contributed by atoms with E-state index in [1.54, 1.807) is 6.92 Å². The van der Waals surface area contributed by atoms with Gasteiger partial charge < -0.3 is 0 Å². The van der Waals surface area contributed by atoms with Gasteiger partial charge in [0.1, 0.15) is 10.8 Å². The van der Waals surface area contributed by atoms with Crippen LogP contribution < -0.4 is 5.56 Å². The molecule has 3 atom stereocenters. The number of nitriles is 1. The predicted octanol–water partition coefficient (Wildman–Crippen LogP) is 4.50. The summed E-state index contributed by atoms with van der Waals surface area (Å²) >= 11 is 5.78. The van der Waals surface area contributed by atoms with Gasteiger partial charge in [-0.25, -0.2) is 9.67 Å². The van der Waals surface area contributed by atoms with Gasteiger partial charge in [0.2, 0.25) is 0 Å². The van der Waals surface area contributed by atoms with E-state index in [1.165, 1.54) is 0 Å². The van der Waals surface area contributed by atoms with Crippen LogP contribution in [0.2, 0.25) is 5.15 Å². The minimum Gasteiger partial charge on any atom is -0.269 e. The molecule has 6 nitrogen and oxygen atoms in total. The van der Waals surface area contributed by atoms with Crippen molar-refractivity contribution in [2.24, 2.45) is 11.8 Å². The van der Waals surface area contributed by atoms with E-state index in [1.807, 2.05) is 6.07 Å². The monoisotopic (exact) mass is 475 g/mol. The lowest BCUT2D eigenvalue weighted by molar-refractivity contribution is -0.141. The summed E-state index contributed by atoms with van der Waals surface area (Å²) in [5, 5.41) is 12.1. The lowest BCUT2D eigenvalue weighted by Crippen LogP contribution is -2.22. The topological polar surface area (TPSA) is 76.0 Å². The first-order chi connectivity index (χ1) is 14.8. The molecule has 1 fully saturated rings. The average Bonchev–Trinajstić information content (AvgIpc) is 3.18. The first-order valence-corrected chi connectivity index (χ1v) is 9.53. The first kappa shape index (κ1) is 22.1. The Bertz CT molecular complexity index is 1320. The van der Waals surface area contributed by atoms with Gasteiger partial charge in [-0.15, -0.1) is 0 Å². The van der Waals surface area contributed by atoms with Crippen molar-refractivity contribution in [3.63, 3.8) is 0 Å². The van der Waals surface area contributed by atoms with Crippen molar-refractivity contribution in [3.8, 4) is 6.07 Å². The molecule has 0 N–H and O–H groups in total. The summed E-state index contributed by atoms with van der Waals surface area (Å²) < 4.78 is 80.6. The van der Waals surface area contributed by atoms with Gasteiger partial charge in [0, 0.05) is 23.7 Å². The van der Waals surface area contributed by atoms with Crippen molar-refractivity contribution in [1.29, 1.82) is 5.26 Å². The lowest BCUT2D eigenvalue weighted by atomic mass is 10.1. The number of rotatable bonds is 3. The number of halogens is 7. The molecule has 1 saturated carbocycles. The average molecular weight is 476 g/mol. The van der Waals surface area contributed by atoms with Crippen molar-refractivity contribution in [2.75, 3.05) is 0 Å². The highest BCUT2D eigenvalue weighted by molar-refractivity contribution is 6.29. The van der Waals surface area contributed by atoms with E-state index in [0.29, 0.717) is 12.1 Å². The van der Waals surface area contributed by atoms with Crippen molar-refractivity contribution >= 4 is 17.2 Å². The van der Waals surface area contributed by atoms with Gasteiger partial charge in [-0.1, -0.05) is 18.5 Å². The molecule has 0 aliphatic heterocycles. The molecular formula is C19H12ClF6N5O. The molecule has 168 valence electrons. The number of hydrogen-bond donors (Lipinski definition) is 0. The largest absolute Gasteiger partial charge is 0.435 e. The second-order valence-corrected chi connectivity index (χ2v) is 7.88. The maximum atomic E-state index is 13.5. The Labute approximate surface area is 180 Å². The molecule has 0 saturated heterocycles. The van der Waals surface area contributed by atoms with Crippen LogP contribution in [0.3, 0.4) is 0 Å². The van der Waals surface area contributed by atoms with E-state index >= 15 is 0 Å². The smallest absolute Gasteiger partial charge is 0.269 e. The number of aromatic nitrogens is 4. The highest BCUT2D eigenvalue weighted by atomic mass is 35.5. The lowest BCUT2D eigenvalue weighted by Gasteiger charge is -2.14. The molecule has 1 aliphatic rings. The Morgan fingerprint density at radius 3 is 2.34 bits per heavy atom.